The maximum Gasteiger partial charge on any atom is 0.264 e. The molecule has 0 atom stereocenters. The molecule has 2 heterocycles. The van der Waals surface area contributed by atoms with E-state index in [1.165, 1.54) is 0 Å². The van der Waals surface area contributed by atoms with Crippen molar-refractivity contribution in [3.63, 3.8) is 0 Å². The van der Waals surface area contributed by atoms with Crippen LogP contribution in [0.25, 0.3) is 11.4 Å². The highest BCUT2D eigenvalue weighted by Gasteiger charge is 2.10. The second kappa shape index (κ2) is 5.04. The number of aromatic nitrogens is 4. The first-order valence-corrected chi connectivity index (χ1v) is 6.00. The van der Waals surface area contributed by atoms with Gasteiger partial charge in [-0.1, -0.05) is 5.16 Å². The molecule has 0 aliphatic rings. The summed E-state index contributed by atoms with van der Waals surface area (Å²) >= 11 is 0. The highest BCUT2D eigenvalue weighted by atomic mass is 16.5. The van der Waals surface area contributed by atoms with Gasteiger partial charge in [0.2, 0.25) is 5.82 Å². The molecule has 0 radical (unpaired) electrons. The number of hydrogen-bond acceptors (Lipinski definition) is 6. The molecule has 7 heteroatoms. The van der Waals surface area contributed by atoms with Crippen LogP contribution in [0.3, 0.4) is 0 Å². The summed E-state index contributed by atoms with van der Waals surface area (Å²) in [4.78, 5) is 4.25. The first kappa shape index (κ1) is 12.2. The molecule has 7 nitrogen and oxygen atoms in total. The minimum atomic E-state index is 0.206. The van der Waals surface area contributed by atoms with Crippen molar-refractivity contribution in [2.45, 2.75) is 6.61 Å². The largest absolute Gasteiger partial charge is 0.484 e. The van der Waals surface area contributed by atoms with Crippen LogP contribution >= 0.6 is 0 Å². The van der Waals surface area contributed by atoms with Gasteiger partial charge in [-0.3, -0.25) is 4.68 Å². The predicted molar refractivity (Wildman–Crippen MR) is 71.7 cm³/mol. The van der Waals surface area contributed by atoms with Gasteiger partial charge in [-0.05, 0) is 24.3 Å². The smallest absolute Gasteiger partial charge is 0.264 e. The topological polar surface area (TPSA) is 92.0 Å². The van der Waals surface area contributed by atoms with Gasteiger partial charge in [0.1, 0.15) is 5.75 Å². The summed E-state index contributed by atoms with van der Waals surface area (Å²) in [6, 6.07) is 7.11. The monoisotopic (exact) mass is 271 g/mol. The maximum atomic E-state index is 5.60. The molecule has 0 saturated carbocycles. The molecule has 2 N–H and O–H groups in total. The summed E-state index contributed by atoms with van der Waals surface area (Å²) in [7, 11) is 1.83. The first-order chi connectivity index (χ1) is 9.70. The lowest BCUT2D eigenvalue weighted by Crippen LogP contribution is -1.96. The molecule has 0 saturated heterocycles. The molecule has 20 heavy (non-hydrogen) atoms. The van der Waals surface area contributed by atoms with Gasteiger partial charge in [-0.15, -0.1) is 0 Å². The molecule has 3 rings (SSSR count). The van der Waals surface area contributed by atoms with E-state index in [4.69, 9.17) is 15.0 Å². The average Bonchev–Trinajstić information content (AvgIpc) is 3.07. The fourth-order valence-corrected chi connectivity index (χ4v) is 1.68. The summed E-state index contributed by atoms with van der Waals surface area (Å²) in [5.74, 6) is 1.59. The molecule has 0 amide bonds. The number of anilines is 1. The van der Waals surface area contributed by atoms with E-state index in [9.17, 15) is 0 Å². The number of nitrogens with two attached hydrogens (primary N) is 1. The minimum Gasteiger partial charge on any atom is -0.484 e. The molecule has 0 unspecified atom stereocenters. The summed E-state index contributed by atoms with van der Waals surface area (Å²) < 4.78 is 12.3. The highest BCUT2D eigenvalue weighted by molar-refractivity contribution is 5.50. The molecule has 0 fully saturated rings. The Bertz CT molecular complexity index is 702. The Morgan fingerprint density at radius 3 is 2.80 bits per heavy atom. The van der Waals surface area contributed by atoms with Crippen molar-refractivity contribution in [3.8, 4) is 17.1 Å². The Morgan fingerprint density at radius 2 is 2.10 bits per heavy atom. The Balaban J connectivity index is 1.67. The minimum absolute atomic E-state index is 0.206. The third-order valence-electron chi connectivity index (χ3n) is 2.67. The van der Waals surface area contributed by atoms with E-state index in [0.29, 0.717) is 23.2 Å². The van der Waals surface area contributed by atoms with E-state index in [-0.39, 0.29) is 6.61 Å². The SMILES string of the molecule is Cn1cc(-c2noc(COc3ccc(N)cc3)n2)cn1. The van der Waals surface area contributed by atoms with E-state index in [0.717, 1.165) is 5.56 Å². The van der Waals surface area contributed by atoms with Crippen molar-refractivity contribution in [2.24, 2.45) is 7.05 Å². The lowest BCUT2D eigenvalue weighted by Gasteiger charge is -2.02. The molecular formula is C13H13N5O2. The van der Waals surface area contributed by atoms with Crippen molar-refractivity contribution in [2.75, 3.05) is 5.73 Å². The summed E-state index contributed by atoms with van der Waals surface area (Å²) in [5.41, 5.74) is 7.09. The van der Waals surface area contributed by atoms with Crippen LogP contribution in [-0.4, -0.2) is 19.9 Å². The molecule has 0 aliphatic heterocycles. The summed E-state index contributed by atoms with van der Waals surface area (Å²) in [5, 5.41) is 7.94. The van der Waals surface area contributed by atoms with Crippen molar-refractivity contribution in [1.29, 1.82) is 0 Å². The fourth-order valence-electron chi connectivity index (χ4n) is 1.68. The van der Waals surface area contributed by atoms with Gasteiger partial charge in [0.25, 0.3) is 5.89 Å². The van der Waals surface area contributed by atoms with Crippen LogP contribution in [0.4, 0.5) is 5.69 Å². The van der Waals surface area contributed by atoms with Gasteiger partial charge in [0.15, 0.2) is 6.61 Å². The second-order valence-corrected chi connectivity index (χ2v) is 4.27. The third-order valence-corrected chi connectivity index (χ3v) is 2.67. The molecule has 0 aliphatic carbocycles. The molecule has 102 valence electrons. The number of ether oxygens (including phenoxy) is 1. The first-order valence-electron chi connectivity index (χ1n) is 6.00. The van der Waals surface area contributed by atoms with Crippen LogP contribution in [0.5, 0.6) is 5.75 Å². The van der Waals surface area contributed by atoms with E-state index in [1.807, 2.05) is 13.2 Å². The van der Waals surface area contributed by atoms with Gasteiger partial charge >= 0.3 is 0 Å². The van der Waals surface area contributed by atoms with Gasteiger partial charge in [0.05, 0.1) is 11.8 Å². The van der Waals surface area contributed by atoms with Crippen LogP contribution in [0.15, 0.2) is 41.2 Å². The standard InChI is InChI=1S/C13H13N5O2/c1-18-7-9(6-15-18)13-16-12(20-17-13)8-19-11-4-2-10(14)3-5-11/h2-7H,8,14H2,1H3. The van der Waals surface area contributed by atoms with Gasteiger partial charge < -0.3 is 15.0 Å². The van der Waals surface area contributed by atoms with E-state index in [1.54, 1.807) is 35.1 Å². The number of rotatable bonds is 4. The summed E-state index contributed by atoms with van der Waals surface area (Å²) in [6.45, 7) is 0.206. The van der Waals surface area contributed by atoms with Crippen molar-refractivity contribution < 1.29 is 9.26 Å². The number of hydrogen-bond donors (Lipinski definition) is 1. The number of nitrogens with zero attached hydrogens (tertiary/aromatic N) is 4. The number of benzene rings is 1. The third kappa shape index (κ3) is 2.61. The Labute approximate surface area is 115 Å². The fraction of sp³-hybridized carbons (Fsp3) is 0.154. The Hall–Kier alpha value is -2.83. The molecule has 0 bridgehead atoms. The number of aryl methyl sites for hydroxylation is 1. The zero-order valence-corrected chi connectivity index (χ0v) is 10.9. The van der Waals surface area contributed by atoms with Gasteiger partial charge in [-0.25, -0.2) is 0 Å². The van der Waals surface area contributed by atoms with E-state index >= 15 is 0 Å². The lowest BCUT2D eigenvalue weighted by atomic mass is 10.3. The normalized spacial score (nSPS) is 10.7. The Kier molecular flexibility index (Phi) is 3.08. The Morgan fingerprint density at radius 1 is 1.30 bits per heavy atom. The van der Waals surface area contributed by atoms with Gasteiger partial charge in [-0.2, -0.15) is 10.1 Å². The van der Waals surface area contributed by atoms with E-state index in [2.05, 4.69) is 15.2 Å². The maximum absolute atomic E-state index is 5.60. The van der Waals surface area contributed by atoms with Crippen LogP contribution in [0.2, 0.25) is 0 Å². The molecule has 0 spiro atoms. The molecular weight excluding hydrogens is 258 g/mol. The van der Waals surface area contributed by atoms with Crippen molar-refractivity contribution >= 4 is 5.69 Å². The quantitative estimate of drug-likeness (QED) is 0.725. The van der Waals surface area contributed by atoms with Crippen LogP contribution in [-0.2, 0) is 13.7 Å². The van der Waals surface area contributed by atoms with Gasteiger partial charge in [0, 0.05) is 18.9 Å². The van der Waals surface area contributed by atoms with E-state index < -0.39 is 0 Å². The van der Waals surface area contributed by atoms with Crippen molar-refractivity contribution in [3.05, 3.63) is 42.5 Å². The zero-order valence-electron chi connectivity index (χ0n) is 10.9. The summed E-state index contributed by atoms with van der Waals surface area (Å²) in [6.07, 6.45) is 3.49. The molecule has 1 aromatic carbocycles. The van der Waals surface area contributed by atoms with Crippen LogP contribution < -0.4 is 10.5 Å². The average molecular weight is 271 g/mol. The van der Waals surface area contributed by atoms with Crippen LogP contribution in [0.1, 0.15) is 5.89 Å². The highest BCUT2D eigenvalue weighted by Crippen LogP contribution is 2.17. The van der Waals surface area contributed by atoms with Crippen molar-refractivity contribution in [1.82, 2.24) is 19.9 Å². The zero-order chi connectivity index (χ0) is 13.9. The van der Waals surface area contributed by atoms with Crippen LogP contribution in [0, 0.1) is 0 Å². The lowest BCUT2D eigenvalue weighted by molar-refractivity contribution is 0.243. The molecule has 3 aromatic rings. The predicted octanol–water partition coefficient (Wildman–Crippen LogP) is 1.63. The second-order valence-electron chi connectivity index (χ2n) is 4.27. The molecule has 2 aromatic heterocycles. The number of nitrogen functional groups attached to an aromatic ring is 1.